The van der Waals surface area contributed by atoms with Crippen molar-refractivity contribution in [1.82, 2.24) is 19.7 Å². The monoisotopic (exact) mass is 324 g/mol. The van der Waals surface area contributed by atoms with Crippen molar-refractivity contribution in [3.63, 3.8) is 0 Å². The molecule has 0 aromatic carbocycles. The minimum absolute atomic E-state index is 0.0779. The molecule has 1 fully saturated rings. The van der Waals surface area contributed by atoms with Gasteiger partial charge >= 0.3 is 0 Å². The molecule has 1 atom stereocenters. The number of likely N-dealkylation sites (tertiary alicyclic amines) is 1. The summed E-state index contributed by atoms with van der Waals surface area (Å²) in [6, 6.07) is 0.496. The number of likely N-dealkylation sites (N-methyl/N-ethyl adjacent to an activating group) is 2. The lowest BCUT2D eigenvalue weighted by Crippen LogP contribution is -2.45. The van der Waals surface area contributed by atoms with Crippen LogP contribution in [0.15, 0.2) is 5.38 Å². The topological polar surface area (TPSA) is 39.7 Å². The smallest absolute Gasteiger partial charge is 0.273 e. The number of rotatable bonds is 7. The average Bonchev–Trinajstić information content (AvgIpc) is 3.10. The molecule has 0 bridgehead atoms. The average molecular weight is 324 g/mol. The van der Waals surface area contributed by atoms with Gasteiger partial charge in [-0.1, -0.05) is 6.92 Å². The Morgan fingerprint density at radius 3 is 2.82 bits per heavy atom. The molecule has 1 aromatic heterocycles. The van der Waals surface area contributed by atoms with E-state index in [4.69, 9.17) is 0 Å². The van der Waals surface area contributed by atoms with E-state index >= 15 is 0 Å². The van der Waals surface area contributed by atoms with Crippen LogP contribution >= 0.6 is 11.3 Å². The Kier molecular flexibility index (Phi) is 6.35. The lowest BCUT2D eigenvalue weighted by Gasteiger charge is -2.30. The van der Waals surface area contributed by atoms with Crippen LogP contribution in [0.25, 0.3) is 0 Å². The number of thiazole rings is 1. The van der Waals surface area contributed by atoms with Gasteiger partial charge in [0.2, 0.25) is 0 Å². The summed E-state index contributed by atoms with van der Waals surface area (Å²) in [5.41, 5.74) is 0.599. The molecule has 22 heavy (non-hydrogen) atoms. The standard InChI is InChI=1S/C16H28N4OS/c1-5-19-8-6-7-14(19)11-20(10-9-18(3)4)16(21)15-12-22-13(2)17-15/h12,14H,5-11H2,1-4H3. The van der Waals surface area contributed by atoms with Crippen molar-refractivity contribution < 1.29 is 4.79 Å². The zero-order valence-electron chi connectivity index (χ0n) is 14.2. The quantitative estimate of drug-likeness (QED) is 0.768. The maximum atomic E-state index is 12.8. The normalized spacial score (nSPS) is 19.0. The van der Waals surface area contributed by atoms with E-state index in [1.807, 2.05) is 31.3 Å². The number of nitrogens with zero attached hydrogens (tertiary/aromatic N) is 4. The molecule has 0 N–H and O–H groups in total. The summed E-state index contributed by atoms with van der Waals surface area (Å²) in [6.07, 6.45) is 2.43. The molecule has 1 saturated heterocycles. The van der Waals surface area contributed by atoms with Gasteiger partial charge in [0.05, 0.1) is 5.01 Å². The van der Waals surface area contributed by atoms with Crippen molar-refractivity contribution in [3.8, 4) is 0 Å². The van der Waals surface area contributed by atoms with Crippen molar-refractivity contribution in [2.24, 2.45) is 0 Å². The summed E-state index contributed by atoms with van der Waals surface area (Å²) in [5.74, 6) is 0.0779. The molecule has 2 heterocycles. The first-order valence-corrected chi connectivity index (χ1v) is 8.99. The Hall–Kier alpha value is -0.980. The van der Waals surface area contributed by atoms with Crippen LogP contribution < -0.4 is 0 Å². The van der Waals surface area contributed by atoms with Crippen LogP contribution in [0.3, 0.4) is 0 Å². The largest absolute Gasteiger partial charge is 0.334 e. The third-order valence-corrected chi connectivity index (χ3v) is 5.05. The predicted molar refractivity (Wildman–Crippen MR) is 91.6 cm³/mol. The van der Waals surface area contributed by atoms with Crippen LogP contribution in [-0.4, -0.2) is 78.5 Å². The molecule has 1 amide bonds. The molecule has 1 aliphatic heterocycles. The van der Waals surface area contributed by atoms with E-state index in [1.54, 1.807) is 11.3 Å². The highest BCUT2D eigenvalue weighted by Crippen LogP contribution is 2.19. The van der Waals surface area contributed by atoms with Crippen LogP contribution in [0.5, 0.6) is 0 Å². The minimum Gasteiger partial charge on any atom is -0.334 e. The molecule has 124 valence electrons. The highest BCUT2D eigenvalue weighted by atomic mass is 32.1. The maximum Gasteiger partial charge on any atom is 0.273 e. The summed E-state index contributed by atoms with van der Waals surface area (Å²) in [7, 11) is 4.09. The molecule has 5 nitrogen and oxygen atoms in total. The second-order valence-corrected chi connectivity index (χ2v) is 7.29. The molecule has 0 aliphatic carbocycles. The van der Waals surface area contributed by atoms with Crippen molar-refractivity contribution >= 4 is 17.2 Å². The number of hydrogen-bond donors (Lipinski definition) is 0. The first kappa shape index (κ1) is 17.4. The predicted octanol–water partition coefficient (Wildman–Crippen LogP) is 1.94. The summed E-state index contributed by atoms with van der Waals surface area (Å²) in [4.78, 5) is 23.8. The van der Waals surface area contributed by atoms with Crippen molar-refractivity contribution in [2.45, 2.75) is 32.7 Å². The molecule has 0 spiro atoms. The van der Waals surface area contributed by atoms with E-state index < -0.39 is 0 Å². The van der Waals surface area contributed by atoms with Crippen molar-refractivity contribution in [3.05, 3.63) is 16.1 Å². The van der Waals surface area contributed by atoms with Gasteiger partial charge < -0.3 is 9.80 Å². The summed E-state index contributed by atoms with van der Waals surface area (Å²) >= 11 is 1.54. The number of carbonyl (C=O) groups is 1. The van der Waals surface area contributed by atoms with E-state index in [9.17, 15) is 4.79 Å². The van der Waals surface area contributed by atoms with Crippen molar-refractivity contribution in [2.75, 3.05) is 46.8 Å². The Morgan fingerprint density at radius 2 is 2.23 bits per heavy atom. The molecule has 1 unspecified atom stereocenters. The Bertz CT molecular complexity index is 488. The van der Waals surface area contributed by atoms with Gasteiger partial charge in [-0.3, -0.25) is 9.69 Å². The first-order valence-electron chi connectivity index (χ1n) is 8.11. The van der Waals surface area contributed by atoms with E-state index in [2.05, 4.69) is 21.7 Å². The molecular weight excluding hydrogens is 296 g/mol. The van der Waals surface area contributed by atoms with E-state index in [1.165, 1.54) is 12.8 Å². The molecule has 2 rings (SSSR count). The van der Waals surface area contributed by atoms with Gasteiger partial charge in [-0.15, -0.1) is 11.3 Å². The highest BCUT2D eigenvalue weighted by Gasteiger charge is 2.28. The summed E-state index contributed by atoms with van der Waals surface area (Å²) in [6.45, 7) is 8.83. The van der Waals surface area contributed by atoms with Gasteiger partial charge in [-0.2, -0.15) is 0 Å². The van der Waals surface area contributed by atoms with Crippen LogP contribution in [0.4, 0.5) is 0 Å². The molecule has 0 saturated carbocycles. The van der Waals surface area contributed by atoms with Gasteiger partial charge in [-0.25, -0.2) is 4.98 Å². The molecule has 1 aromatic rings. The van der Waals surface area contributed by atoms with Crippen LogP contribution in [-0.2, 0) is 0 Å². The summed E-state index contributed by atoms with van der Waals surface area (Å²) < 4.78 is 0. The molecule has 1 aliphatic rings. The zero-order chi connectivity index (χ0) is 16.1. The Balaban J connectivity index is 2.06. The van der Waals surface area contributed by atoms with Crippen LogP contribution in [0, 0.1) is 6.92 Å². The fourth-order valence-corrected chi connectivity index (χ4v) is 3.58. The van der Waals surface area contributed by atoms with E-state index in [0.29, 0.717) is 11.7 Å². The van der Waals surface area contributed by atoms with Crippen LogP contribution in [0.1, 0.15) is 35.3 Å². The third-order valence-electron chi connectivity index (χ3n) is 4.28. The number of carbonyl (C=O) groups excluding carboxylic acids is 1. The lowest BCUT2D eigenvalue weighted by molar-refractivity contribution is 0.0689. The van der Waals surface area contributed by atoms with Crippen LogP contribution in [0.2, 0.25) is 0 Å². The fourth-order valence-electron chi connectivity index (χ4n) is 2.99. The third kappa shape index (κ3) is 4.51. The van der Waals surface area contributed by atoms with Gasteiger partial charge in [-0.05, 0) is 47.0 Å². The van der Waals surface area contributed by atoms with E-state index in [-0.39, 0.29) is 5.91 Å². The summed E-state index contributed by atoms with van der Waals surface area (Å²) in [5, 5.41) is 2.83. The number of aryl methyl sites for hydroxylation is 1. The zero-order valence-corrected chi connectivity index (χ0v) is 15.0. The second kappa shape index (κ2) is 8.04. The molecule has 6 heteroatoms. The van der Waals surface area contributed by atoms with Crippen molar-refractivity contribution in [1.29, 1.82) is 0 Å². The van der Waals surface area contributed by atoms with Gasteiger partial charge in [0, 0.05) is 31.1 Å². The maximum absolute atomic E-state index is 12.8. The molecular formula is C16H28N4OS. The number of aromatic nitrogens is 1. The Morgan fingerprint density at radius 1 is 1.45 bits per heavy atom. The molecule has 0 radical (unpaired) electrons. The highest BCUT2D eigenvalue weighted by molar-refractivity contribution is 7.09. The van der Waals surface area contributed by atoms with E-state index in [0.717, 1.165) is 37.7 Å². The van der Waals surface area contributed by atoms with Gasteiger partial charge in [0.1, 0.15) is 5.69 Å². The second-order valence-electron chi connectivity index (χ2n) is 6.23. The fraction of sp³-hybridized carbons (Fsp3) is 0.750. The number of hydrogen-bond acceptors (Lipinski definition) is 5. The van der Waals surface area contributed by atoms with Gasteiger partial charge in [0.25, 0.3) is 5.91 Å². The van der Waals surface area contributed by atoms with Gasteiger partial charge in [0.15, 0.2) is 0 Å². The SMILES string of the molecule is CCN1CCCC1CN(CCN(C)C)C(=O)c1csc(C)n1. The number of amides is 1. The minimum atomic E-state index is 0.0779. The lowest BCUT2D eigenvalue weighted by atomic mass is 10.2. The Labute approximate surface area is 137 Å². The first-order chi connectivity index (χ1) is 10.5.